The summed E-state index contributed by atoms with van der Waals surface area (Å²) < 4.78 is 32.7. The van der Waals surface area contributed by atoms with Crippen LogP contribution in [0.25, 0.3) is 10.9 Å². The Morgan fingerprint density at radius 2 is 1.83 bits per heavy atom. The molecule has 0 atom stereocenters. The lowest BCUT2D eigenvalue weighted by atomic mass is 10.1. The van der Waals surface area contributed by atoms with Gasteiger partial charge in [-0.15, -0.1) is 0 Å². The molecule has 126 valence electrons. The summed E-state index contributed by atoms with van der Waals surface area (Å²) in [5.74, 6) is 0.686. The Bertz CT molecular complexity index is 973. The van der Waals surface area contributed by atoms with Crippen molar-refractivity contribution in [3.8, 4) is 5.75 Å². The molecule has 0 radical (unpaired) electrons. The molecule has 0 saturated heterocycles. The van der Waals surface area contributed by atoms with Gasteiger partial charge in [0, 0.05) is 11.6 Å². The minimum atomic E-state index is -3.66. The Balaban J connectivity index is 2.23. The van der Waals surface area contributed by atoms with E-state index in [2.05, 4.69) is 0 Å². The van der Waals surface area contributed by atoms with Crippen molar-refractivity contribution in [1.82, 2.24) is 3.97 Å². The molecular weight excluding hydrogens is 324 g/mol. The number of aromatic nitrogens is 1. The fraction of sp³-hybridized carbons (Fsp3) is 0.222. The molecule has 0 aliphatic carbocycles. The van der Waals surface area contributed by atoms with Crippen LogP contribution < -0.4 is 10.5 Å². The number of fused-ring (bicyclic) bond motifs is 1. The molecule has 0 spiro atoms. The van der Waals surface area contributed by atoms with Gasteiger partial charge in [0.25, 0.3) is 10.0 Å². The Morgan fingerprint density at radius 1 is 1.12 bits per heavy atom. The molecule has 5 nitrogen and oxygen atoms in total. The van der Waals surface area contributed by atoms with Crippen LogP contribution in [-0.4, -0.2) is 26.0 Å². The van der Waals surface area contributed by atoms with Crippen molar-refractivity contribution in [2.75, 3.05) is 13.7 Å². The number of rotatable bonds is 5. The predicted octanol–water partition coefficient (Wildman–Crippen LogP) is 2.70. The Hall–Kier alpha value is -2.31. The summed E-state index contributed by atoms with van der Waals surface area (Å²) in [7, 11) is -2.08. The summed E-state index contributed by atoms with van der Waals surface area (Å²) in [6, 6.07) is 12.2. The third kappa shape index (κ3) is 2.79. The van der Waals surface area contributed by atoms with Gasteiger partial charge in [-0.2, -0.15) is 0 Å². The topological polar surface area (TPSA) is 74.3 Å². The van der Waals surface area contributed by atoms with Crippen LogP contribution in [0.3, 0.4) is 0 Å². The Kier molecular flexibility index (Phi) is 4.34. The highest BCUT2D eigenvalue weighted by molar-refractivity contribution is 7.90. The number of ether oxygens (including phenoxy) is 1. The van der Waals surface area contributed by atoms with Crippen LogP contribution >= 0.6 is 0 Å². The van der Waals surface area contributed by atoms with E-state index in [0.717, 1.165) is 16.5 Å². The smallest absolute Gasteiger partial charge is 0.268 e. The molecule has 3 aromatic rings. The van der Waals surface area contributed by atoms with Crippen LogP contribution in [-0.2, 0) is 16.4 Å². The molecule has 0 aliphatic rings. The molecule has 2 aromatic carbocycles. The number of nitrogens with zero attached hydrogens (tertiary/aromatic N) is 1. The van der Waals surface area contributed by atoms with Crippen molar-refractivity contribution in [1.29, 1.82) is 0 Å². The van der Waals surface area contributed by atoms with E-state index in [-0.39, 0.29) is 4.90 Å². The summed E-state index contributed by atoms with van der Waals surface area (Å²) >= 11 is 0. The minimum Gasteiger partial charge on any atom is -0.497 e. The molecule has 0 fully saturated rings. The van der Waals surface area contributed by atoms with Crippen LogP contribution in [0.5, 0.6) is 5.75 Å². The molecule has 0 bridgehead atoms. The molecule has 1 heterocycles. The highest BCUT2D eigenvalue weighted by atomic mass is 32.2. The first-order valence-corrected chi connectivity index (χ1v) is 9.11. The molecule has 2 N–H and O–H groups in total. The number of nitrogens with two attached hydrogens (primary N) is 1. The van der Waals surface area contributed by atoms with Gasteiger partial charge in [0.05, 0.1) is 17.5 Å². The zero-order chi connectivity index (χ0) is 17.3. The van der Waals surface area contributed by atoms with E-state index in [0.29, 0.717) is 24.2 Å². The van der Waals surface area contributed by atoms with Gasteiger partial charge < -0.3 is 10.5 Å². The molecule has 0 aliphatic heterocycles. The molecule has 1 aromatic heterocycles. The average Bonchev–Trinajstić information content (AvgIpc) is 2.94. The van der Waals surface area contributed by atoms with Crippen LogP contribution in [0.4, 0.5) is 0 Å². The molecule has 24 heavy (non-hydrogen) atoms. The van der Waals surface area contributed by atoms with E-state index in [4.69, 9.17) is 10.5 Å². The van der Waals surface area contributed by atoms with E-state index in [1.165, 1.54) is 3.97 Å². The maximum absolute atomic E-state index is 13.0. The summed E-state index contributed by atoms with van der Waals surface area (Å²) in [4.78, 5) is 0.264. The SMILES string of the molecule is COc1ccc2c(c1)c(CCN)cn2S(=O)(=O)c1ccc(C)cc1. The lowest BCUT2D eigenvalue weighted by Crippen LogP contribution is -2.12. The summed E-state index contributed by atoms with van der Waals surface area (Å²) in [6.07, 6.45) is 2.26. The van der Waals surface area contributed by atoms with Gasteiger partial charge in [0.1, 0.15) is 5.75 Å². The van der Waals surface area contributed by atoms with Gasteiger partial charge in [0.15, 0.2) is 0 Å². The molecule has 3 rings (SSSR count). The third-order valence-corrected chi connectivity index (χ3v) is 5.74. The van der Waals surface area contributed by atoms with Gasteiger partial charge in [-0.05, 0) is 55.8 Å². The van der Waals surface area contributed by atoms with E-state index in [1.807, 2.05) is 13.0 Å². The first-order valence-electron chi connectivity index (χ1n) is 7.67. The fourth-order valence-corrected chi connectivity index (χ4v) is 4.14. The number of benzene rings is 2. The average molecular weight is 344 g/mol. The van der Waals surface area contributed by atoms with E-state index >= 15 is 0 Å². The third-order valence-electron chi connectivity index (χ3n) is 4.05. The first kappa shape index (κ1) is 16.5. The van der Waals surface area contributed by atoms with Crippen LogP contribution in [0, 0.1) is 6.92 Å². The molecule has 0 saturated carbocycles. The number of hydrogen-bond acceptors (Lipinski definition) is 4. The number of hydrogen-bond donors (Lipinski definition) is 1. The molecule has 0 amide bonds. The largest absolute Gasteiger partial charge is 0.497 e. The highest BCUT2D eigenvalue weighted by Gasteiger charge is 2.21. The van der Waals surface area contributed by atoms with E-state index in [1.54, 1.807) is 49.7 Å². The second-order valence-electron chi connectivity index (χ2n) is 5.69. The normalized spacial score (nSPS) is 11.8. The van der Waals surface area contributed by atoms with Gasteiger partial charge >= 0.3 is 0 Å². The number of methoxy groups -OCH3 is 1. The second kappa shape index (κ2) is 6.30. The Morgan fingerprint density at radius 3 is 2.46 bits per heavy atom. The van der Waals surface area contributed by atoms with Gasteiger partial charge in [-0.1, -0.05) is 17.7 Å². The van der Waals surface area contributed by atoms with E-state index < -0.39 is 10.0 Å². The maximum atomic E-state index is 13.0. The summed E-state index contributed by atoms with van der Waals surface area (Å²) in [5.41, 5.74) is 8.21. The van der Waals surface area contributed by atoms with Crippen LogP contribution in [0.2, 0.25) is 0 Å². The van der Waals surface area contributed by atoms with Gasteiger partial charge in [-0.3, -0.25) is 0 Å². The standard InChI is InChI=1S/C18H20N2O3S/c1-13-3-6-16(7-4-13)24(21,22)20-12-14(9-10-19)17-11-15(23-2)5-8-18(17)20/h3-8,11-12H,9-10,19H2,1-2H3. The predicted molar refractivity (Wildman–Crippen MR) is 95.0 cm³/mol. The van der Waals surface area contributed by atoms with E-state index in [9.17, 15) is 8.42 Å². The van der Waals surface area contributed by atoms with Crippen molar-refractivity contribution in [3.05, 3.63) is 59.8 Å². The minimum absolute atomic E-state index is 0.264. The maximum Gasteiger partial charge on any atom is 0.268 e. The van der Waals surface area contributed by atoms with Crippen molar-refractivity contribution in [3.63, 3.8) is 0 Å². The Labute approximate surface area is 141 Å². The van der Waals surface area contributed by atoms with Crippen LogP contribution in [0.15, 0.2) is 53.6 Å². The van der Waals surface area contributed by atoms with Crippen molar-refractivity contribution in [2.45, 2.75) is 18.2 Å². The first-order chi connectivity index (χ1) is 11.5. The van der Waals surface area contributed by atoms with Crippen molar-refractivity contribution in [2.24, 2.45) is 5.73 Å². The highest BCUT2D eigenvalue weighted by Crippen LogP contribution is 2.29. The summed E-state index contributed by atoms with van der Waals surface area (Å²) in [6.45, 7) is 2.37. The molecular formula is C18H20N2O3S. The lowest BCUT2D eigenvalue weighted by Gasteiger charge is -2.08. The second-order valence-corrected chi connectivity index (χ2v) is 7.50. The zero-order valence-electron chi connectivity index (χ0n) is 13.7. The van der Waals surface area contributed by atoms with Crippen molar-refractivity contribution < 1.29 is 13.2 Å². The number of aryl methyl sites for hydroxylation is 1. The van der Waals surface area contributed by atoms with Gasteiger partial charge in [0.2, 0.25) is 0 Å². The lowest BCUT2D eigenvalue weighted by molar-refractivity contribution is 0.415. The summed E-state index contributed by atoms with van der Waals surface area (Å²) in [5, 5.41) is 0.843. The van der Waals surface area contributed by atoms with Crippen LogP contribution in [0.1, 0.15) is 11.1 Å². The monoisotopic (exact) mass is 344 g/mol. The van der Waals surface area contributed by atoms with Gasteiger partial charge in [-0.25, -0.2) is 12.4 Å². The molecule has 0 unspecified atom stereocenters. The zero-order valence-corrected chi connectivity index (χ0v) is 14.5. The van der Waals surface area contributed by atoms with Crippen molar-refractivity contribution >= 4 is 20.9 Å². The quantitative estimate of drug-likeness (QED) is 0.772. The fourth-order valence-electron chi connectivity index (χ4n) is 2.75. The molecule has 6 heteroatoms.